The second kappa shape index (κ2) is 10.2. The van der Waals surface area contributed by atoms with E-state index in [4.69, 9.17) is 9.26 Å². The molecule has 1 heterocycles. The molecule has 1 atom stereocenters. The van der Waals surface area contributed by atoms with Crippen LogP contribution >= 0.6 is 0 Å². The maximum Gasteiger partial charge on any atom is 0.416 e. The van der Waals surface area contributed by atoms with E-state index in [0.717, 1.165) is 28.8 Å². The molecule has 10 heteroatoms. The lowest BCUT2D eigenvalue weighted by Gasteiger charge is -2.16. The van der Waals surface area contributed by atoms with Gasteiger partial charge in [-0.05, 0) is 61.1 Å². The first kappa shape index (κ1) is 27.0. The minimum atomic E-state index is -4.51. The molecule has 1 aromatic heterocycles. The second-order valence-electron chi connectivity index (χ2n) is 9.80. The third-order valence-electron chi connectivity index (χ3n) is 7.15. The summed E-state index contributed by atoms with van der Waals surface area (Å²) in [4.78, 5) is 24.2. The summed E-state index contributed by atoms with van der Waals surface area (Å²) in [5.74, 6) is -0.475. The van der Waals surface area contributed by atoms with Crippen molar-refractivity contribution >= 4 is 17.7 Å². The number of alkyl halides is 3. The molecule has 40 heavy (non-hydrogen) atoms. The number of ether oxygens (including phenoxy) is 1. The lowest BCUT2D eigenvalue weighted by atomic mass is 9.93. The highest BCUT2D eigenvalue weighted by Gasteiger charge is 2.51. The lowest BCUT2D eigenvalue weighted by Crippen LogP contribution is -2.19. The van der Waals surface area contributed by atoms with Crippen LogP contribution in [0.25, 0.3) is 22.4 Å². The largest absolute Gasteiger partial charge is 0.481 e. The molecule has 7 nitrogen and oxygen atoms in total. The van der Waals surface area contributed by atoms with Gasteiger partial charge < -0.3 is 14.4 Å². The number of aromatic nitrogens is 1. The van der Waals surface area contributed by atoms with Crippen LogP contribution in [0.15, 0.2) is 77.3 Å². The van der Waals surface area contributed by atoms with E-state index >= 15 is 0 Å². The van der Waals surface area contributed by atoms with Crippen molar-refractivity contribution in [2.45, 2.75) is 44.4 Å². The average molecular weight is 551 g/mol. The summed E-state index contributed by atoms with van der Waals surface area (Å²) in [6.45, 7) is 3.09. The minimum absolute atomic E-state index is 0.200. The molecule has 1 aliphatic carbocycles. The van der Waals surface area contributed by atoms with Crippen molar-refractivity contribution < 1.29 is 37.1 Å². The summed E-state index contributed by atoms with van der Waals surface area (Å²) in [7, 11) is 0. The van der Waals surface area contributed by atoms with Crippen molar-refractivity contribution in [2.75, 3.05) is 5.32 Å². The number of aliphatic carboxylic acids is 1. The Morgan fingerprint density at radius 3 is 2.17 bits per heavy atom. The topological polar surface area (TPSA) is 102 Å². The normalized spacial score (nSPS) is 14.8. The zero-order valence-corrected chi connectivity index (χ0v) is 21.6. The summed E-state index contributed by atoms with van der Waals surface area (Å²) < 4.78 is 49.8. The molecule has 4 aromatic rings. The molecular formula is C30H25F3N2O5. The van der Waals surface area contributed by atoms with Crippen LogP contribution in [-0.4, -0.2) is 22.3 Å². The van der Waals surface area contributed by atoms with Gasteiger partial charge in [0, 0.05) is 5.56 Å². The van der Waals surface area contributed by atoms with E-state index in [-0.39, 0.29) is 11.3 Å². The number of carbonyl (C=O) groups excluding carboxylic acids is 1. The van der Waals surface area contributed by atoms with Crippen molar-refractivity contribution in [1.82, 2.24) is 5.16 Å². The van der Waals surface area contributed by atoms with Gasteiger partial charge in [-0.3, -0.25) is 10.1 Å². The van der Waals surface area contributed by atoms with Gasteiger partial charge in [0.15, 0.2) is 5.76 Å². The minimum Gasteiger partial charge on any atom is -0.481 e. The third-order valence-corrected chi connectivity index (χ3v) is 7.15. The van der Waals surface area contributed by atoms with Crippen LogP contribution in [0.1, 0.15) is 48.3 Å². The van der Waals surface area contributed by atoms with Gasteiger partial charge in [-0.2, -0.15) is 13.2 Å². The predicted molar refractivity (Wildman–Crippen MR) is 141 cm³/mol. The zero-order chi connectivity index (χ0) is 28.7. The molecule has 1 unspecified atom stereocenters. The summed E-state index contributed by atoms with van der Waals surface area (Å²) in [5.41, 5.74) is 2.52. The second-order valence-corrected chi connectivity index (χ2v) is 9.80. The number of halogens is 3. The molecule has 0 saturated heterocycles. The molecule has 1 fully saturated rings. The number of carboxylic acid groups (broad SMARTS) is 1. The Balaban J connectivity index is 1.29. The molecular weight excluding hydrogens is 525 g/mol. The SMILES string of the molecule is Cc1onc(-c2ccc(-c3ccc(C4(C(=O)O)CC4)cc3)cc2)c1NC(=O)OC(C)c1cccc(C(F)(F)F)c1. The number of carbonyl (C=O) groups is 2. The van der Waals surface area contributed by atoms with Gasteiger partial charge in [0.1, 0.15) is 17.5 Å². The van der Waals surface area contributed by atoms with Crippen molar-refractivity contribution in [3.05, 3.63) is 95.2 Å². The highest BCUT2D eigenvalue weighted by atomic mass is 19.4. The van der Waals surface area contributed by atoms with E-state index in [1.54, 1.807) is 6.92 Å². The predicted octanol–water partition coefficient (Wildman–Crippen LogP) is 7.76. The van der Waals surface area contributed by atoms with Crippen molar-refractivity contribution in [1.29, 1.82) is 0 Å². The monoisotopic (exact) mass is 550 g/mol. The molecule has 1 saturated carbocycles. The van der Waals surface area contributed by atoms with E-state index in [1.807, 2.05) is 48.5 Å². The summed E-state index contributed by atoms with van der Waals surface area (Å²) in [6, 6.07) is 19.4. The third kappa shape index (κ3) is 5.29. The van der Waals surface area contributed by atoms with Crippen LogP contribution in [0.2, 0.25) is 0 Å². The number of rotatable bonds is 7. The number of hydrogen-bond acceptors (Lipinski definition) is 5. The van der Waals surface area contributed by atoms with Crippen LogP contribution in [0, 0.1) is 6.92 Å². The fourth-order valence-corrected chi connectivity index (χ4v) is 4.60. The highest BCUT2D eigenvalue weighted by Crippen LogP contribution is 2.48. The first-order valence-corrected chi connectivity index (χ1v) is 12.5. The van der Waals surface area contributed by atoms with Gasteiger partial charge in [-0.25, -0.2) is 4.79 Å². The quantitative estimate of drug-likeness (QED) is 0.244. The highest BCUT2D eigenvalue weighted by molar-refractivity contribution is 5.91. The molecule has 0 bridgehead atoms. The maximum atomic E-state index is 13.0. The van der Waals surface area contributed by atoms with E-state index in [2.05, 4.69) is 10.5 Å². The number of benzene rings is 3. The number of anilines is 1. The average Bonchev–Trinajstić information content (AvgIpc) is 3.68. The van der Waals surface area contributed by atoms with E-state index < -0.39 is 35.3 Å². The molecule has 3 aromatic carbocycles. The number of hydrogen-bond donors (Lipinski definition) is 2. The van der Waals surface area contributed by atoms with E-state index in [9.17, 15) is 27.9 Å². The Labute approximate surface area is 227 Å². The fourth-order valence-electron chi connectivity index (χ4n) is 4.60. The van der Waals surface area contributed by atoms with Crippen LogP contribution in [0.3, 0.4) is 0 Å². The molecule has 1 aliphatic rings. The number of aryl methyl sites for hydroxylation is 1. The van der Waals surface area contributed by atoms with E-state index in [0.29, 0.717) is 29.9 Å². The fraction of sp³-hybridized carbons (Fsp3) is 0.233. The first-order chi connectivity index (χ1) is 19.0. The van der Waals surface area contributed by atoms with Crippen molar-refractivity contribution in [3.8, 4) is 22.4 Å². The molecule has 5 rings (SSSR count). The number of nitrogens with one attached hydrogen (secondary N) is 1. The maximum absolute atomic E-state index is 13.0. The van der Waals surface area contributed by atoms with Crippen molar-refractivity contribution in [3.63, 3.8) is 0 Å². The Bertz CT molecular complexity index is 1560. The van der Waals surface area contributed by atoms with E-state index in [1.165, 1.54) is 19.1 Å². The van der Waals surface area contributed by atoms with Gasteiger partial charge in [0.25, 0.3) is 0 Å². The summed E-state index contributed by atoms with van der Waals surface area (Å²) in [5, 5.41) is 16.2. The standard InChI is InChI=1S/C30H25F3N2O5/c1-17(22-4-3-5-24(16-22)30(31,32)33)39-28(38)34-25-18(2)40-35-26(25)21-8-6-19(7-9-21)20-10-12-23(13-11-20)29(14-15-29)27(36)37/h3-13,16-17H,14-15H2,1-2H3,(H,34,38)(H,36,37). The number of nitrogens with zero attached hydrogens (tertiary/aromatic N) is 1. The summed E-state index contributed by atoms with van der Waals surface area (Å²) in [6.07, 6.45) is -5.04. The zero-order valence-electron chi connectivity index (χ0n) is 21.6. The Hall–Kier alpha value is -4.60. The molecule has 0 aliphatic heterocycles. The van der Waals surface area contributed by atoms with Gasteiger partial charge in [-0.1, -0.05) is 65.8 Å². The Kier molecular flexibility index (Phi) is 6.87. The summed E-state index contributed by atoms with van der Waals surface area (Å²) >= 11 is 0. The van der Waals surface area contributed by atoms with Gasteiger partial charge in [-0.15, -0.1) is 0 Å². The molecule has 1 amide bonds. The lowest BCUT2D eigenvalue weighted by molar-refractivity contribution is -0.140. The molecule has 0 radical (unpaired) electrons. The van der Waals surface area contributed by atoms with Crippen molar-refractivity contribution in [2.24, 2.45) is 0 Å². The van der Waals surface area contributed by atoms with Gasteiger partial charge >= 0.3 is 18.2 Å². The van der Waals surface area contributed by atoms with Crippen LogP contribution in [-0.2, 0) is 21.1 Å². The molecule has 206 valence electrons. The molecule has 0 spiro atoms. The Morgan fingerprint density at radius 1 is 1.00 bits per heavy atom. The van der Waals surface area contributed by atoms with Crippen LogP contribution < -0.4 is 5.32 Å². The first-order valence-electron chi connectivity index (χ1n) is 12.5. The van der Waals surface area contributed by atoms with Crippen LogP contribution in [0.5, 0.6) is 0 Å². The smallest absolute Gasteiger partial charge is 0.416 e. The van der Waals surface area contributed by atoms with Gasteiger partial charge in [0.2, 0.25) is 0 Å². The Morgan fingerprint density at radius 2 is 1.60 bits per heavy atom. The number of amides is 1. The van der Waals surface area contributed by atoms with Gasteiger partial charge in [0.05, 0.1) is 11.0 Å². The van der Waals surface area contributed by atoms with Crippen LogP contribution in [0.4, 0.5) is 23.7 Å². The molecule has 2 N–H and O–H groups in total. The number of carboxylic acids is 1.